The van der Waals surface area contributed by atoms with Crippen LogP contribution in [0.1, 0.15) is 32.1 Å². The molecular weight excluding hydrogens is 256 g/mol. The molecule has 0 saturated carbocycles. The quantitative estimate of drug-likeness (QED) is 0.716. The van der Waals surface area contributed by atoms with E-state index in [0.717, 1.165) is 51.9 Å². The van der Waals surface area contributed by atoms with Crippen LogP contribution in [0.25, 0.3) is 0 Å². The third kappa shape index (κ3) is 2.55. The molecule has 2 amide bonds. The van der Waals surface area contributed by atoms with Crippen molar-refractivity contribution >= 4 is 11.8 Å². The summed E-state index contributed by atoms with van der Waals surface area (Å²) in [5.74, 6) is 0.620. The van der Waals surface area contributed by atoms with Crippen LogP contribution < -0.4 is 0 Å². The van der Waals surface area contributed by atoms with Crippen molar-refractivity contribution in [3.8, 4) is 0 Å². The van der Waals surface area contributed by atoms with Crippen LogP contribution in [0.3, 0.4) is 0 Å². The summed E-state index contributed by atoms with van der Waals surface area (Å²) in [5.41, 5.74) is 0.256. The number of hydrogen-bond donors (Lipinski definition) is 0. The molecule has 3 heterocycles. The Kier molecular flexibility index (Phi) is 3.71. The molecule has 1 spiro atoms. The second-order valence-corrected chi connectivity index (χ2v) is 6.64. The zero-order valence-electron chi connectivity index (χ0n) is 12.3. The lowest BCUT2D eigenvalue weighted by atomic mass is 9.72. The van der Waals surface area contributed by atoms with Gasteiger partial charge in [-0.05, 0) is 31.1 Å². The van der Waals surface area contributed by atoms with Gasteiger partial charge < -0.3 is 14.5 Å². The monoisotopic (exact) mass is 280 g/mol. The fraction of sp³-hybridized carbons (Fsp3) is 0.867. The Hall–Kier alpha value is -1.10. The van der Waals surface area contributed by atoms with E-state index in [4.69, 9.17) is 4.74 Å². The van der Waals surface area contributed by atoms with E-state index in [9.17, 15) is 9.59 Å². The standard InChI is InChI=1S/C15H24N2O3/c1-16-11-15(4-2-13(16)18)5-7-17(8-6-15)14(19)12-3-9-20-10-12/h12H,2-11H2,1H3. The smallest absolute Gasteiger partial charge is 0.228 e. The van der Waals surface area contributed by atoms with E-state index in [1.165, 1.54) is 0 Å². The normalized spacial score (nSPS) is 30.1. The molecule has 1 unspecified atom stereocenters. The zero-order chi connectivity index (χ0) is 14.2. The van der Waals surface area contributed by atoms with Gasteiger partial charge in [-0.2, -0.15) is 0 Å². The fourth-order valence-corrected chi connectivity index (χ4v) is 3.83. The van der Waals surface area contributed by atoms with E-state index >= 15 is 0 Å². The van der Waals surface area contributed by atoms with Crippen molar-refractivity contribution in [1.82, 2.24) is 9.80 Å². The van der Waals surface area contributed by atoms with Crippen LogP contribution in [-0.4, -0.2) is 61.5 Å². The molecule has 0 bridgehead atoms. The second kappa shape index (κ2) is 5.35. The van der Waals surface area contributed by atoms with Gasteiger partial charge in [0.1, 0.15) is 0 Å². The minimum absolute atomic E-state index is 0.0830. The van der Waals surface area contributed by atoms with Gasteiger partial charge in [-0.1, -0.05) is 0 Å². The summed E-state index contributed by atoms with van der Waals surface area (Å²) in [7, 11) is 1.90. The summed E-state index contributed by atoms with van der Waals surface area (Å²) in [5, 5.41) is 0. The Balaban J connectivity index is 1.56. The molecule has 0 N–H and O–H groups in total. The molecule has 3 fully saturated rings. The van der Waals surface area contributed by atoms with Crippen molar-refractivity contribution in [2.24, 2.45) is 11.3 Å². The SMILES string of the molecule is CN1CC2(CCC1=O)CCN(C(=O)C1CCOC1)CC2. The van der Waals surface area contributed by atoms with Gasteiger partial charge in [0, 0.05) is 39.7 Å². The summed E-state index contributed by atoms with van der Waals surface area (Å²) in [6, 6.07) is 0. The first-order valence-corrected chi connectivity index (χ1v) is 7.70. The average Bonchev–Trinajstić information content (AvgIpc) is 2.98. The van der Waals surface area contributed by atoms with Gasteiger partial charge >= 0.3 is 0 Å². The molecule has 3 aliphatic rings. The summed E-state index contributed by atoms with van der Waals surface area (Å²) in [4.78, 5) is 27.9. The number of rotatable bonds is 1. The average molecular weight is 280 g/mol. The van der Waals surface area contributed by atoms with Crippen molar-refractivity contribution in [3.63, 3.8) is 0 Å². The van der Waals surface area contributed by atoms with Gasteiger partial charge in [-0.3, -0.25) is 9.59 Å². The molecule has 0 aromatic carbocycles. The molecule has 20 heavy (non-hydrogen) atoms. The summed E-state index contributed by atoms with van der Waals surface area (Å²) in [6.07, 6.45) is 4.59. The molecule has 1 atom stereocenters. The van der Waals surface area contributed by atoms with E-state index in [1.54, 1.807) is 0 Å². The molecular formula is C15H24N2O3. The van der Waals surface area contributed by atoms with Crippen LogP contribution in [0, 0.1) is 11.3 Å². The Labute approximate surface area is 120 Å². The topological polar surface area (TPSA) is 49.9 Å². The van der Waals surface area contributed by atoms with Gasteiger partial charge in [-0.15, -0.1) is 0 Å². The molecule has 0 aromatic rings. The molecule has 3 saturated heterocycles. The number of ether oxygens (including phenoxy) is 1. The number of carbonyl (C=O) groups excluding carboxylic acids is 2. The maximum absolute atomic E-state index is 12.4. The lowest BCUT2D eigenvalue weighted by Gasteiger charge is -2.46. The highest BCUT2D eigenvalue weighted by molar-refractivity contribution is 5.79. The second-order valence-electron chi connectivity index (χ2n) is 6.64. The maximum atomic E-state index is 12.4. The molecule has 5 nitrogen and oxygen atoms in total. The number of amides is 2. The third-order valence-corrected chi connectivity index (χ3v) is 5.28. The first-order chi connectivity index (χ1) is 9.60. The van der Waals surface area contributed by atoms with Crippen molar-refractivity contribution in [1.29, 1.82) is 0 Å². The number of piperidine rings is 2. The van der Waals surface area contributed by atoms with Crippen LogP contribution >= 0.6 is 0 Å². The number of hydrogen-bond acceptors (Lipinski definition) is 3. The third-order valence-electron chi connectivity index (χ3n) is 5.28. The maximum Gasteiger partial charge on any atom is 0.228 e. The van der Waals surface area contributed by atoms with Crippen LogP contribution in [0.2, 0.25) is 0 Å². The van der Waals surface area contributed by atoms with Crippen molar-refractivity contribution in [2.45, 2.75) is 32.1 Å². The number of carbonyl (C=O) groups is 2. The van der Waals surface area contributed by atoms with Gasteiger partial charge in [0.15, 0.2) is 0 Å². The molecule has 3 aliphatic heterocycles. The summed E-state index contributed by atoms with van der Waals surface area (Å²) in [6.45, 7) is 3.87. The van der Waals surface area contributed by atoms with E-state index in [2.05, 4.69) is 0 Å². The zero-order valence-corrected chi connectivity index (χ0v) is 12.3. The Morgan fingerprint density at radius 1 is 1.30 bits per heavy atom. The number of nitrogens with zero attached hydrogens (tertiary/aromatic N) is 2. The van der Waals surface area contributed by atoms with E-state index < -0.39 is 0 Å². The van der Waals surface area contributed by atoms with Gasteiger partial charge in [-0.25, -0.2) is 0 Å². The predicted molar refractivity (Wildman–Crippen MR) is 74.0 cm³/mol. The van der Waals surface area contributed by atoms with Gasteiger partial charge in [0.25, 0.3) is 0 Å². The molecule has 0 aromatic heterocycles. The van der Waals surface area contributed by atoms with E-state index in [-0.39, 0.29) is 23.1 Å². The fourth-order valence-electron chi connectivity index (χ4n) is 3.83. The molecule has 5 heteroatoms. The van der Waals surface area contributed by atoms with Crippen LogP contribution in [0.15, 0.2) is 0 Å². The lowest BCUT2D eigenvalue weighted by molar-refractivity contribution is -0.143. The van der Waals surface area contributed by atoms with E-state index in [0.29, 0.717) is 13.0 Å². The van der Waals surface area contributed by atoms with E-state index in [1.807, 2.05) is 16.8 Å². The molecule has 0 radical (unpaired) electrons. The first kappa shape index (κ1) is 13.9. The van der Waals surface area contributed by atoms with Gasteiger partial charge in [0.05, 0.1) is 12.5 Å². The predicted octanol–water partition coefficient (Wildman–Crippen LogP) is 0.884. The first-order valence-electron chi connectivity index (χ1n) is 7.70. The Bertz CT molecular complexity index is 396. The molecule has 0 aliphatic carbocycles. The summed E-state index contributed by atoms with van der Waals surface area (Å²) >= 11 is 0. The Morgan fingerprint density at radius 3 is 2.65 bits per heavy atom. The van der Waals surface area contributed by atoms with Crippen LogP contribution in [-0.2, 0) is 14.3 Å². The largest absolute Gasteiger partial charge is 0.381 e. The van der Waals surface area contributed by atoms with Crippen LogP contribution in [0.4, 0.5) is 0 Å². The van der Waals surface area contributed by atoms with Crippen molar-refractivity contribution < 1.29 is 14.3 Å². The molecule has 112 valence electrons. The highest BCUT2D eigenvalue weighted by Gasteiger charge is 2.41. The minimum atomic E-state index is 0.0830. The number of likely N-dealkylation sites (tertiary alicyclic amines) is 2. The van der Waals surface area contributed by atoms with Crippen molar-refractivity contribution in [2.75, 3.05) is 39.9 Å². The lowest BCUT2D eigenvalue weighted by Crippen LogP contribution is -2.52. The highest BCUT2D eigenvalue weighted by atomic mass is 16.5. The van der Waals surface area contributed by atoms with Gasteiger partial charge in [0.2, 0.25) is 11.8 Å². The minimum Gasteiger partial charge on any atom is -0.381 e. The Morgan fingerprint density at radius 2 is 2.05 bits per heavy atom. The molecule has 3 rings (SSSR count). The summed E-state index contributed by atoms with van der Waals surface area (Å²) < 4.78 is 5.31. The highest BCUT2D eigenvalue weighted by Crippen LogP contribution is 2.40. The van der Waals surface area contributed by atoms with Crippen molar-refractivity contribution in [3.05, 3.63) is 0 Å². The van der Waals surface area contributed by atoms with Crippen LogP contribution in [0.5, 0.6) is 0 Å².